The zero-order valence-electron chi connectivity index (χ0n) is 16.6. The van der Waals surface area contributed by atoms with Gasteiger partial charge >= 0.3 is 6.18 Å². The van der Waals surface area contributed by atoms with Crippen LogP contribution in [0.4, 0.5) is 13.2 Å². The molecule has 0 unspecified atom stereocenters. The molecule has 0 saturated heterocycles. The second-order valence-corrected chi connectivity index (χ2v) is 8.71. The fraction of sp³-hybridized carbons (Fsp3) is 0.0870. The molecule has 1 aromatic heterocycles. The van der Waals surface area contributed by atoms with E-state index in [-0.39, 0.29) is 22.7 Å². The van der Waals surface area contributed by atoms with E-state index in [9.17, 15) is 21.6 Å². The Labute approximate surface area is 183 Å². The summed E-state index contributed by atoms with van der Waals surface area (Å²) in [5, 5.41) is 9.47. The summed E-state index contributed by atoms with van der Waals surface area (Å²) < 4.78 is 67.0. The highest BCUT2D eigenvalue weighted by molar-refractivity contribution is 7.89. The van der Waals surface area contributed by atoms with Gasteiger partial charge in [0.05, 0.1) is 11.4 Å². The number of alkyl halides is 3. The highest BCUT2D eigenvalue weighted by Crippen LogP contribution is 2.43. The highest BCUT2D eigenvalue weighted by Gasteiger charge is 2.40. The van der Waals surface area contributed by atoms with Gasteiger partial charge in [-0.15, -0.1) is 0 Å². The average Bonchev–Trinajstić information content (AvgIpc) is 3.14. The lowest BCUT2D eigenvalue weighted by molar-refractivity contribution is -0.143. The number of nitrogens with two attached hydrogens (primary N) is 1. The quantitative estimate of drug-likeness (QED) is 0.462. The summed E-state index contributed by atoms with van der Waals surface area (Å²) >= 11 is 0. The maximum absolute atomic E-state index is 14.3. The van der Waals surface area contributed by atoms with E-state index in [2.05, 4.69) is 5.10 Å². The van der Waals surface area contributed by atoms with Gasteiger partial charge in [-0.3, -0.25) is 4.68 Å². The van der Waals surface area contributed by atoms with Gasteiger partial charge in [0.1, 0.15) is 5.69 Å². The molecule has 0 saturated carbocycles. The minimum absolute atomic E-state index is 0.0719. The number of aromatic nitrogens is 2. The standard InChI is InChI=1S/C23H18F3N3O2S/c24-23(25,26)22-20(17-9-5-2-6-10-17)21(18-11-13-19(14-12-18)32(27,30)31)28-29(22)15-16-7-3-1-4-8-16/h1-14H,15H2,(H2,27,30,31). The van der Waals surface area contributed by atoms with Crippen molar-refractivity contribution in [2.24, 2.45) is 5.14 Å². The van der Waals surface area contributed by atoms with E-state index in [1.165, 1.54) is 24.3 Å². The van der Waals surface area contributed by atoms with E-state index in [0.29, 0.717) is 16.7 Å². The Bertz CT molecular complexity index is 1330. The number of hydrogen-bond acceptors (Lipinski definition) is 3. The lowest BCUT2D eigenvalue weighted by Gasteiger charge is -2.13. The first-order chi connectivity index (χ1) is 15.1. The molecule has 0 aliphatic heterocycles. The van der Waals surface area contributed by atoms with E-state index in [1.54, 1.807) is 60.7 Å². The summed E-state index contributed by atoms with van der Waals surface area (Å²) in [7, 11) is -3.94. The number of halogens is 3. The summed E-state index contributed by atoms with van der Waals surface area (Å²) in [6.45, 7) is -0.0786. The third-order valence-electron chi connectivity index (χ3n) is 4.91. The van der Waals surface area contributed by atoms with Crippen LogP contribution in [0.15, 0.2) is 89.8 Å². The molecule has 0 aliphatic carbocycles. The highest BCUT2D eigenvalue weighted by atomic mass is 32.2. The molecule has 0 spiro atoms. The van der Waals surface area contributed by atoms with Crippen molar-refractivity contribution in [3.8, 4) is 22.4 Å². The van der Waals surface area contributed by atoms with Crippen LogP contribution < -0.4 is 5.14 Å². The van der Waals surface area contributed by atoms with Crippen LogP contribution in [0.1, 0.15) is 11.3 Å². The maximum Gasteiger partial charge on any atom is 0.433 e. The summed E-state index contributed by atoms with van der Waals surface area (Å²) in [6.07, 6.45) is -4.67. The molecule has 0 bridgehead atoms. The van der Waals surface area contributed by atoms with Crippen molar-refractivity contribution >= 4 is 10.0 Å². The summed E-state index contributed by atoms with van der Waals surface area (Å²) in [5.74, 6) is 0. The van der Waals surface area contributed by atoms with Gasteiger partial charge in [-0.25, -0.2) is 13.6 Å². The van der Waals surface area contributed by atoms with Crippen LogP contribution in [-0.2, 0) is 22.7 Å². The number of benzene rings is 3. The van der Waals surface area contributed by atoms with Gasteiger partial charge in [0.25, 0.3) is 0 Å². The third kappa shape index (κ3) is 4.44. The van der Waals surface area contributed by atoms with Gasteiger partial charge in [0.2, 0.25) is 10.0 Å². The van der Waals surface area contributed by atoms with E-state index >= 15 is 0 Å². The zero-order valence-corrected chi connectivity index (χ0v) is 17.4. The van der Waals surface area contributed by atoms with Crippen molar-refractivity contribution < 1.29 is 21.6 Å². The van der Waals surface area contributed by atoms with Crippen LogP contribution in [-0.4, -0.2) is 18.2 Å². The van der Waals surface area contributed by atoms with Crippen molar-refractivity contribution in [2.45, 2.75) is 17.6 Å². The third-order valence-corrected chi connectivity index (χ3v) is 5.84. The molecular formula is C23H18F3N3O2S. The van der Waals surface area contributed by atoms with Crippen LogP contribution in [0.25, 0.3) is 22.4 Å². The largest absolute Gasteiger partial charge is 0.433 e. The fourth-order valence-corrected chi connectivity index (χ4v) is 4.02. The van der Waals surface area contributed by atoms with Crippen molar-refractivity contribution in [3.05, 3.63) is 96.2 Å². The summed E-state index contributed by atoms with van der Waals surface area (Å²) in [5.41, 5.74) is 0.505. The SMILES string of the molecule is NS(=O)(=O)c1ccc(-c2nn(Cc3ccccc3)c(C(F)(F)F)c2-c2ccccc2)cc1. The van der Waals surface area contributed by atoms with Gasteiger partial charge in [-0.05, 0) is 23.3 Å². The molecule has 1 heterocycles. The molecule has 32 heavy (non-hydrogen) atoms. The van der Waals surface area contributed by atoms with E-state index < -0.39 is 21.9 Å². The minimum atomic E-state index is -4.67. The Morgan fingerprint density at radius 3 is 1.91 bits per heavy atom. The summed E-state index contributed by atoms with van der Waals surface area (Å²) in [4.78, 5) is -0.137. The lowest BCUT2D eigenvalue weighted by atomic mass is 9.98. The first kappa shape index (κ1) is 21.8. The number of sulfonamides is 1. The first-order valence-corrected chi connectivity index (χ1v) is 11.1. The van der Waals surface area contributed by atoms with Gasteiger partial charge in [-0.2, -0.15) is 18.3 Å². The molecule has 0 aliphatic rings. The number of nitrogens with zero attached hydrogens (tertiary/aromatic N) is 2. The topological polar surface area (TPSA) is 78.0 Å². The Kier molecular flexibility index (Phi) is 5.62. The zero-order chi connectivity index (χ0) is 22.9. The van der Waals surface area contributed by atoms with Gasteiger partial charge in [-0.1, -0.05) is 72.8 Å². The van der Waals surface area contributed by atoms with E-state index in [1.807, 2.05) is 0 Å². The number of rotatable bonds is 5. The molecule has 3 aromatic carbocycles. The molecule has 4 aromatic rings. The molecule has 0 amide bonds. The minimum Gasteiger partial charge on any atom is -0.255 e. The van der Waals surface area contributed by atoms with Crippen molar-refractivity contribution in [2.75, 3.05) is 0 Å². The van der Waals surface area contributed by atoms with Crippen molar-refractivity contribution in [3.63, 3.8) is 0 Å². The van der Waals surface area contributed by atoms with Crippen LogP contribution in [0.2, 0.25) is 0 Å². The monoisotopic (exact) mass is 457 g/mol. The first-order valence-electron chi connectivity index (χ1n) is 9.55. The molecule has 0 fully saturated rings. The van der Waals surface area contributed by atoms with Crippen LogP contribution >= 0.6 is 0 Å². The Balaban J connectivity index is 1.96. The maximum atomic E-state index is 14.3. The summed E-state index contributed by atoms with van der Waals surface area (Å²) in [6, 6.07) is 22.2. The Morgan fingerprint density at radius 1 is 0.812 bits per heavy atom. The van der Waals surface area contributed by atoms with E-state index in [4.69, 9.17) is 5.14 Å². The van der Waals surface area contributed by atoms with Gasteiger partial charge in [0.15, 0.2) is 5.69 Å². The smallest absolute Gasteiger partial charge is 0.255 e. The average molecular weight is 457 g/mol. The van der Waals surface area contributed by atoms with E-state index in [0.717, 1.165) is 4.68 Å². The second kappa shape index (κ2) is 8.25. The Morgan fingerprint density at radius 2 is 1.38 bits per heavy atom. The molecule has 9 heteroatoms. The molecule has 5 nitrogen and oxygen atoms in total. The lowest BCUT2D eigenvalue weighted by Crippen LogP contribution is -2.16. The van der Waals surface area contributed by atoms with Crippen molar-refractivity contribution in [1.29, 1.82) is 0 Å². The Hall–Kier alpha value is -3.43. The molecule has 4 rings (SSSR count). The van der Waals surface area contributed by atoms with Crippen LogP contribution in [0, 0.1) is 0 Å². The molecule has 0 atom stereocenters. The van der Waals surface area contributed by atoms with Gasteiger partial charge < -0.3 is 0 Å². The van der Waals surface area contributed by atoms with Crippen molar-refractivity contribution in [1.82, 2.24) is 9.78 Å². The number of primary sulfonamides is 1. The molecule has 0 radical (unpaired) electrons. The molecular weight excluding hydrogens is 439 g/mol. The number of hydrogen-bond donors (Lipinski definition) is 1. The van der Waals surface area contributed by atoms with Gasteiger partial charge in [0, 0.05) is 11.1 Å². The van der Waals surface area contributed by atoms with Crippen LogP contribution in [0.5, 0.6) is 0 Å². The molecule has 164 valence electrons. The predicted molar refractivity (Wildman–Crippen MR) is 115 cm³/mol. The normalized spacial score (nSPS) is 12.1. The molecule has 2 N–H and O–H groups in total. The fourth-order valence-electron chi connectivity index (χ4n) is 3.50. The predicted octanol–water partition coefficient (Wildman–Crippen LogP) is 4.93. The second-order valence-electron chi connectivity index (χ2n) is 7.15. The van der Waals surface area contributed by atoms with Crippen LogP contribution in [0.3, 0.4) is 0 Å².